The topological polar surface area (TPSA) is 93.7 Å². The number of hydrogen-bond acceptors (Lipinski definition) is 5. The quantitative estimate of drug-likeness (QED) is 0.524. The number of imide groups is 1. The van der Waals surface area contributed by atoms with Gasteiger partial charge in [-0.15, -0.1) is 0 Å². The molecular formula is C20H25FN2O5. The number of allylic oxidation sites excluding steroid dienone is 1. The van der Waals surface area contributed by atoms with E-state index in [4.69, 9.17) is 9.47 Å². The summed E-state index contributed by atoms with van der Waals surface area (Å²) in [6, 6.07) is 3.46. The number of nitrogens with one attached hydrogen (secondary N) is 2. The summed E-state index contributed by atoms with van der Waals surface area (Å²) in [5.41, 5.74) is 1.71. The number of urea groups is 1. The maximum absolute atomic E-state index is 13.6. The molecule has 0 heterocycles. The zero-order valence-corrected chi connectivity index (χ0v) is 15.9. The van der Waals surface area contributed by atoms with Crippen molar-refractivity contribution in [3.05, 3.63) is 41.2 Å². The van der Waals surface area contributed by atoms with Gasteiger partial charge in [0.2, 0.25) is 0 Å². The number of rotatable bonds is 8. The minimum atomic E-state index is -0.733. The van der Waals surface area contributed by atoms with Gasteiger partial charge >= 0.3 is 12.0 Å². The van der Waals surface area contributed by atoms with Crippen LogP contribution in [0.4, 0.5) is 9.18 Å². The molecule has 1 aromatic rings. The van der Waals surface area contributed by atoms with Gasteiger partial charge in [-0.2, -0.15) is 0 Å². The van der Waals surface area contributed by atoms with E-state index in [0.717, 1.165) is 25.3 Å². The lowest BCUT2D eigenvalue weighted by atomic mass is 9.97. The maximum atomic E-state index is 13.6. The van der Waals surface area contributed by atoms with Crippen LogP contribution in [0.2, 0.25) is 0 Å². The molecule has 3 amide bonds. The summed E-state index contributed by atoms with van der Waals surface area (Å²) >= 11 is 0. The number of benzene rings is 1. The highest BCUT2D eigenvalue weighted by Crippen LogP contribution is 2.19. The Bertz CT molecular complexity index is 748. The number of halogens is 1. The Labute approximate surface area is 163 Å². The standard InChI is InChI=1S/C20H25FN2O5/c1-27-17-8-7-15(11-16(17)21)12-19(25)28-13-18(24)23-20(26)22-10-9-14-5-3-2-4-6-14/h5,7-8,11H,2-4,6,9-10,12-13H2,1H3,(H2,22,23,24,26). The highest BCUT2D eigenvalue weighted by molar-refractivity contribution is 5.95. The molecule has 28 heavy (non-hydrogen) atoms. The summed E-state index contributed by atoms with van der Waals surface area (Å²) in [7, 11) is 1.34. The van der Waals surface area contributed by atoms with Crippen LogP contribution < -0.4 is 15.4 Å². The number of carbonyl (C=O) groups excluding carboxylic acids is 3. The molecule has 1 aliphatic rings. The minimum absolute atomic E-state index is 0.0716. The first-order valence-corrected chi connectivity index (χ1v) is 9.21. The van der Waals surface area contributed by atoms with Gasteiger partial charge in [0.05, 0.1) is 13.5 Å². The molecule has 2 rings (SSSR count). The van der Waals surface area contributed by atoms with Crippen LogP contribution >= 0.6 is 0 Å². The Morgan fingerprint density at radius 3 is 2.71 bits per heavy atom. The Balaban J connectivity index is 1.64. The van der Waals surface area contributed by atoms with E-state index >= 15 is 0 Å². The fourth-order valence-electron chi connectivity index (χ4n) is 2.86. The lowest BCUT2D eigenvalue weighted by Gasteiger charge is -2.13. The molecule has 0 fully saturated rings. The van der Waals surface area contributed by atoms with Crippen molar-refractivity contribution >= 4 is 17.9 Å². The van der Waals surface area contributed by atoms with Crippen molar-refractivity contribution in [3.63, 3.8) is 0 Å². The molecule has 8 heteroatoms. The van der Waals surface area contributed by atoms with E-state index in [-0.39, 0.29) is 12.2 Å². The second-order valence-electron chi connectivity index (χ2n) is 6.47. The molecule has 0 spiro atoms. The molecule has 0 unspecified atom stereocenters. The molecular weight excluding hydrogens is 367 g/mol. The van der Waals surface area contributed by atoms with Crippen LogP contribution in [0.5, 0.6) is 5.75 Å². The lowest BCUT2D eigenvalue weighted by Crippen LogP contribution is -2.41. The molecule has 1 aliphatic carbocycles. The van der Waals surface area contributed by atoms with Crippen LogP contribution in [0.3, 0.4) is 0 Å². The Morgan fingerprint density at radius 2 is 2.04 bits per heavy atom. The summed E-state index contributed by atoms with van der Waals surface area (Å²) < 4.78 is 23.2. The van der Waals surface area contributed by atoms with Gasteiger partial charge in [0.15, 0.2) is 18.2 Å². The van der Waals surface area contributed by atoms with Gasteiger partial charge in [-0.05, 0) is 49.8 Å². The van der Waals surface area contributed by atoms with E-state index < -0.39 is 30.3 Å². The number of ether oxygens (including phenoxy) is 2. The summed E-state index contributed by atoms with van der Waals surface area (Å²) in [5.74, 6) is -1.96. The lowest BCUT2D eigenvalue weighted by molar-refractivity contribution is -0.147. The first kappa shape index (κ1) is 21.4. The fourth-order valence-corrected chi connectivity index (χ4v) is 2.86. The van der Waals surface area contributed by atoms with Crippen molar-refractivity contribution in [2.24, 2.45) is 0 Å². The molecule has 0 radical (unpaired) electrons. The van der Waals surface area contributed by atoms with Gasteiger partial charge in [0.25, 0.3) is 5.91 Å². The Hall–Kier alpha value is -2.90. The van der Waals surface area contributed by atoms with Crippen molar-refractivity contribution in [1.82, 2.24) is 10.6 Å². The third kappa shape index (κ3) is 7.38. The van der Waals surface area contributed by atoms with Gasteiger partial charge in [-0.1, -0.05) is 17.7 Å². The number of esters is 1. The number of carbonyl (C=O) groups is 3. The summed E-state index contributed by atoms with van der Waals surface area (Å²) in [5, 5.41) is 4.70. The molecule has 0 aromatic heterocycles. The third-order valence-electron chi connectivity index (χ3n) is 4.30. The first-order chi connectivity index (χ1) is 13.5. The van der Waals surface area contributed by atoms with Crippen molar-refractivity contribution in [1.29, 1.82) is 0 Å². The number of hydrogen-bond donors (Lipinski definition) is 2. The van der Waals surface area contributed by atoms with Crippen LogP contribution in [-0.4, -0.2) is 38.2 Å². The first-order valence-electron chi connectivity index (χ1n) is 9.21. The van der Waals surface area contributed by atoms with E-state index in [9.17, 15) is 18.8 Å². The molecule has 1 aromatic carbocycles. The van der Waals surface area contributed by atoms with E-state index in [0.29, 0.717) is 12.1 Å². The van der Waals surface area contributed by atoms with E-state index in [1.807, 2.05) is 0 Å². The normalized spacial score (nSPS) is 13.3. The number of amides is 3. The highest BCUT2D eigenvalue weighted by Gasteiger charge is 2.13. The van der Waals surface area contributed by atoms with E-state index in [2.05, 4.69) is 16.7 Å². The van der Waals surface area contributed by atoms with Gasteiger partial charge in [0, 0.05) is 6.54 Å². The van der Waals surface area contributed by atoms with Crippen LogP contribution in [0.25, 0.3) is 0 Å². The molecule has 0 saturated carbocycles. The summed E-state index contributed by atoms with van der Waals surface area (Å²) in [4.78, 5) is 35.1. The predicted octanol–water partition coefficient (Wildman–Crippen LogP) is 2.64. The SMILES string of the molecule is COc1ccc(CC(=O)OCC(=O)NC(=O)NCCC2=CCCCC2)cc1F. The Kier molecular flexibility index (Phi) is 8.45. The smallest absolute Gasteiger partial charge is 0.321 e. The molecule has 0 atom stereocenters. The average molecular weight is 392 g/mol. The van der Waals surface area contributed by atoms with Crippen molar-refractivity contribution in [3.8, 4) is 5.75 Å². The van der Waals surface area contributed by atoms with Crippen LogP contribution in [-0.2, 0) is 20.7 Å². The fraction of sp³-hybridized carbons (Fsp3) is 0.450. The highest BCUT2D eigenvalue weighted by atomic mass is 19.1. The van der Waals surface area contributed by atoms with Gasteiger partial charge < -0.3 is 14.8 Å². The Morgan fingerprint density at radius 1 is 1.21 bits per heavy atom. The number of methoxy groups -OCH3 is 1. The van der Waals surface area contributed by atoms with Crippen molar-refractivity contribution < 1.29 is 28.2 Å². The molecule has 152 valence electrons. The molecule has 7 nitrogen and oxygen atoms in total. The average Bonchev–Trinajstić information content (AvgIpc) is 2.67. The summed E-state index contributed by atoms with van der Waals surface area (Å²) in [6.45, 7) is -0.149. The van der Waals surface area contributed by atoms with E-state index in [1.54, 1.807) is 0 Å². The maximum Gasteiger partial charge on any atom is 0.321 e. The zero-order valence-electron chi connectivity index (χ0n) is 15.9. The molecule has 0 saturated heterocycles. The second kappa shape index (κ2) is 11.1. The monoisotopic (exact) mass is 392 g/mol. The molecule has 0 aliphatic heterocycles. The van der Waals surface area contributed by atoms with Gasteiger partial charge in [0.1, 0.15) is 0 Å². The van der Waals surface area contributed by atoms with Crippen LogP contribution in [0, 0.1) is 5.82 Å². The second-order valence-corrected chi connectivity index (χ2v) is 6.47. The predicted molar refractivity (Wildman–Crippen MR) is 100 cm³/mol. The van der Waals surface area contributed by atoms with Crippen molar-refractivity contribution in [2.75, 3.05) is 20.3 Å². The zero-order chi connectivity index (χ0) is 20.4. The minimum Gasteiger partial charge on any atom is -0.494 e. The molecule has 2 N–H and O–H groups in total. The summed E-state index contributed by atoms with van der Waals surface area (Å²) in [6.07, 6.45) is 7.26. The van der Waals surface area contributed by atoms with Crippen LogP contribution in [0.1, 0.15) is 37.7 Å². The van der Waals surface area contributed by atoms with Crippen LogP contribution in [0.15, 0.2) is 29.8 Å². The largest absolute Gasteiger partial charge is 0.494 e. The third-order valence-corrected chi connectivity index (χ3v) is 4.30. The molecule has 0 bridgehead atoms. The van der Waals surface area contributed by atoms with Gasteiger partial charge in [-0.3, -0.25) is 14.9 Å². The van der Waals surface area contributed by atoms with E-state index in [1.165, 1.54) is 37.7 Å². The van der Waals surface area contributed by atoms with Crippen molar-refractivity contribution in [2.45, 2.75) is 38.5 Å². The van der Waals surface area contributed by atoms with Gasteiger partial charge in [-0.25, -0.2) is 9.18 Å².